The van der Waals surface area contributed by atoms with Gasteiger partial charge >= 0.3 is 5.97 Å². The first-order chi connectivity index (χ1) is 8.78. The van der Waals surface area contributed by atoms with Gasteiger partial charge in [-0.3, -0.25) is 4.79 Å². The molecule has 0 aromatic heterocycles. The maximum Gasteiger partial charge on any atom is 0.305 e. The van der Waals surface area contributed by atoms with Crippen molar-refractivity contribution in [3.63, 3.8) is 0 Å². The lowest BCUT2D eigenvalue weighted by Crippen LogP contribution is -2.15. The highest BCUT2D eigenvalue weighted by atomic mass is 16.5. The molecule has 0 aliphatic carbocycles. The van der Waals surface area contributed by atoms with E-state index in [4.69, 9.17) is 9.47 Å². The molecule has 1 heterocycles. The number of ether oxygens (including phenoxy) is 3. The molecule has 0 bridgehead atoms. The summed E-state index contributed by atoms with van der Waals surface area (Å²) < 4.78 is 15.6. The highest BCUT2D eigenvalue weighted by molar-refractivity contribution is 5.69. The summed E-state index contributed by atoms with van der Waals surface area (Å²) in [6.07, 6.45) is 2.22. The van der Waals surface area contributed by atoms with E-state index < -0.39 is 0 Å². The van der Waals surface area contributed by atoms with Crippen LogP contribution in [-0.4, -0.2) is 32.4 Å². The van der Waals surface area contributed by atoms with Crippen molar-refractivity contribution in [1.29, 1.82) is 0 Å². The molecule has 0 saturated carbocycles. The van der Waals surface area contributed by atoms with Gasteiger partial charge in [0.05, 0.1) is 20.3 Å². The maximum atomic E-state index is 11.0. The molecule has 0 radical (unpaired) electrons. The molecule has 0 N–H and O–H groups in total. The standard InChI is InChI=1S/C14H18O4/c1-16-14(15)7-4-11-2-5-12(6-3-11)18-13-8-9-17-10-13/h2-3,5-6,13H,4,7-10H2,1H3. The molecule has 18 heavy (non-hydrogen) atoms. The van der Waals surface area contributed by atoms with Crippen molar-refractivity contribution in [1.82, 2.24) is 0 Å². The lowest BCUT2D eigenvalue weighted by atomic mass is 10.1. The Kier molecular flexibility index (Phi) is 4.59. The van der Waals surface area contributed by atoms with Crippen molar-refractivity contribution in [2.75, 3.05) is 20.3 Å². The van der Waals surface area contributed by atoms with E-state index in [0.29, 0.717) is 19.4 Å². The van der Waals surface area contributed by atoms with Crippen LogP contribution in [0.5, 0.6) is 5.75 Å². The highest BCUT2D eigenvalue weighted by Crippen LogP contribution is 2.18. The van der Waals surface area contributed by atoms with Crippen LogP contribution in [0.4, 0.5) is 0 Å². The van der Waals surface area contributed by atoms with Crippen LogP contribution in [0.1, 0.15) is 18.4 Å². The number of carbonyl (C=O) groups excluding carboxylic acids is 1. The summed E-state index contributed by atoms with van der Waals surface area (Å²) in [5.74, 6) is 0.672. The van der Waals surface area contributed by atoms with Gasteiger partial charge in [0.2, 0.25) is 0 Å². The number of esters is 1. The number of methoxy groups -OCH3 is 1. The molecule has 4 heteroatoms. The average molecular weight is 250 g/mol. The maximum absolute atomic E-state index is 11.0. The third kappa shape index (κ3) is 3.74. The Labute approximate surface area is 107 Å². The zero-order valence-corrected chi connectivity index (χ0v) is 10.6. The van der Waals surface area contributed by atoms with Crippen molar-refractivity contribution >= 4 is 5.97 Å². The number of benzene rings is 1. The van der Waals surface area contributed by atoms with Crippen molar-refractivity contribution in [3.05, 3.63) is 29.8 Å². The Hall–Kier alpha value is -1.55. The summed E-state index contributed by atoms with van der Waals surface area (Å²) in [5, 5.41) is 0. The fraction of sp³-hybridized carbons (Fsp3) is 0.500. The SMILES string of the molecule is COC(=O)CCc1ccc(OC2CCOC2)cc1. The van der Waals surface area contributed by atoms with Gasteiger partial charge in [-0.25, -0.2) is 0 Å². The van der Waals surface area contributed by atoms with E-state index in [9.17, 15) is 4.79 Å². The van der Waals surface area contributed by atoms with Gasteiger partial charge in [0.1, 0.15) is 11.9 Å². The van der Waals surface area contributed by atoms with Crippen LogP contribution in [0, 0.1) is 0 Å². The van der Waals surface area contributed by atoms with Crippen LogP contribution in [0.2, 0.25) is 0 Å². The van der Waals surface area contributed by atoms with Crippen molar-refractivity contribution in [2.45, 2.75) is 25.4 Å². The molecule has 1 unspecified atom stereocenters. The van der Waals surface area contributed by atoms with Crippen LogP contribution in [0.3, 0.4) is 0 Å². The fourth-order valence-corrected chi connectivity index (χ4v) is 1.88. The molecule has 0 amide bonds. The summed E-state index contributed by atoms with van der Waals surface area (Å²) in [7, 11) is 1.41. The van der Waals surface area contributed by atoms with E-state index in [-0.39, 0.29) is 12.1 Å². The summed E-state index contributed by atoms with van der Waals surface area (Å²) in [5.41, 5.74) is 1.11. The number of hydrogen-bond acceptors (Lipinski definition) is 4. The zero-order valence-electron chi connectivity index (χ0n) is 10.6. The Morgan fingerprint density at radius 2 is 2.17 bits per heavy atom. The van der Waals surface area contributed by atoms with Crippen LogP contribution >= 0.6 is 0 Å². The van der Waals surface area contributed by atoms with Gasteiger partial charge in [-0.1, -0.05) is 12.1 Å². The Balaban J connectivity index is 1.82. The van der Waals surface area contributed by atoms with Crippen molar-refractivity contribution in [2.24, 2.45) is 0 Å². The molecule has 98 valence electrons. The van der Waals surface area contributed by atoms with E-state index in [2.05, 4.69) is 4.74 Å². The lowest BCUT2D eigenvalue weighted by Gasteiger charge is -2.12. The van der Waals surface area contributed by atoms with Gasteiger partial charge < -0.3 is 14.2 Å². The van der Waals surface area contributed by atoms with Crippen LogP contribution < -0.4 is 4.74 Å². The normalized spacial score (nSPS) is 18.6. The number of aryl methyl sites for hydroxylation is 1. The molecule has 1 aliphatic rings. The Morgan fingerprint density at radius 1 is 1.39 bits per heavy atom. The predicted octanol–water partition coefficient (Wildman–Crippen LogP) is 1.96. The van der Waals surface area contributed by atoms with Gasteiger partial charge in [-0.05, 0) is 24.1 Å². The molecule has 1 aromatic carbocycles. The topological polar surface area (TPSA) is 44.8 Å². The second-order valence-electron chi connectivity index (χ2n) is 4.32. The molecule has 1 fully saturated rings. The second kappa shape index (κ2) is 6.40. The quantitative estimate of drug-likeness (QED) is 0.749. The number of carbonyl (C=O) groups is 1. The van der Waals surface area contributed by atoms with Gasteiger partial charge in [-0.15, -0.1) is 0 Å². The third-order valence-corrected chi connectivity index (χ3v) is 2.96. The van der Waals surface area contributed by atoms with Crippen molar-refractivity contribution < 1.29 is 19.0 Å². The Morgan fingerprint density at radius 3 is 2.78 bits per heavy atom. The number of hydrogen-bond donors (Lipinski definition) is 0. The lowest BCUT2D eigenvalue weighted by molar-refractivity contribution is -0.140. The van der Waals surface area contributed by atoms with Gasteiger partial charge in [0.25, 0.3) is 0 Å². The molecule has 2 rings (SSSR count). The zero-order chi connectivity index (χ0) is 12.8. The Bertz CT molecular complexity index is 379. The third-order valence-electron chi connectivity index (χ3n) is 2.96. The molecule has 1 aliphatic heterocycles. The first-order valence-corrected chi connectivity index (χ1v) is 6.18. The molecule has 1 aromatic rings. The van der Waals surface area contributed by atoms with Gasteiger partial charge in [-0.2, -0.15) is 0 Å². The van der Waals surface area contributed by atoms with E-state index in [1.54, 1.807) is 0 Å². The minimum Gasteiger partial charge on any atom is -0.488 e. The monoisotopic (exact) mass is 250 g/mol. The number of rotatable bonds is 5. The molecular weight excluding hydrogens is 232 g/mol. The van der Waals surface area contributed by atoms with E-state index in [1.807, 2.05) is 24.3 Å². The van der Waals surface area contributed by atoms with Crippen molar-refractivity contribution in [3.8, 4) is 5.75 Å². The second-order valence-corrected chi connectivity index (χ2v) is 4.32. The minimum absolute atomic E-state index is 0.172. The van der Waals surface area contributed by atoms with E-state index >= 15 is 0 Å². The molecule has 1 atom stereocenters. The molecule has 4 nitrogen and oxygen atoms in total. The summed E-state index contributed by atoms with van der Waals surface area (Å²) >= 11 is 0. The van der Waals surface area contributed by atoms with E-state index in [0.717, 1.165) is 24.3 Å². The molecular formula is C14H18O4. The van der Waals surface area contributed by atoms with Crippen LogP contribution in [-0.2, 0) is 20.7 Å². The van der Waals surface area contributed by atoms with Gasteiger partial charge in [0.15, 0.2) is 0 Å². The molecule has 1 saturated heterocycles. The smallest absolute Gasteiger partial charge is 0.305 e. The predicted molar refractivity (Wildman–Crippen MR) is 66.6 cm³/mol. The molecule has 0 spiro atoms. The summed E-state index contributed by atoms with van der Waals surface area (Å²) in [4.78, 5) is 11.0. The fourth-order valence-electron chi connectivity index (χ4n) is 1.88. The minimum atomic E-state index is -0.182. The highest BCUT2D eigenvalue weighted by Gasteiger charge is 2.16. The summed E-state index contributed by atoms with van der Waals surface area (Å²) in [6, 6.07) is 7.83. The first-order valence-electron chi connectivity index (χ1n) is 6.18. The largest absolute Gasteiger partial charge is 0.488 e. The van der Waals surface area contributed by atoms with E-state index in [1.165, 1.54) is 7.11 Å². The van der Waals surface area contributed by atoms with Gasteiger partial charge in [0, 0.05) is 12.8 Å². The summed E-state index contributed by atoms with van der Waals surface area (Å²) in [6.45, 7) is 1.45. The van der Waals surface area contributed by atoms with Crippen LogP contribution in [0.15, 0.2) is 24.3 Å². The van der Waals surface area contributed by atoms with Crippen LogP contribution in [0.25, 0.3) is 0 Å². The average Bonchev–Trinajstić information content (AvgIpc) is 2.90. The first kappa shape index (κ1) is 12.9.